The summed E-state index contributed by atoms with van der Waals surface area (Å²) in [5.41, 5.74) is 4.14. The number of nitrogens with zero attached hydrogens (tertiary/aromatic N) is 6. The third-order valence-corrected chi connectivity index (χ3v) is 7.21. The molecule has 0 amide bonds. The van der Waals surface area contributed by atoms with Crippen LogP contribution in [0.25, 0.3) is 33.5 Å². The SMILES string of the molecule is Cc1cc(-c2nn3c(c2-n2ccn(-c4ccc5c(cnn5C)c4F)c2=O)C(C)NCCC3)cc(C)c1F. The van der Waals surface area contributed by atoms with E-state index in [-0.39, 0.29) is 17.5 Å². The van der Waals surface area contributed by atoms with Crippen LogP contribution in [0.2, 0.25) is 0 Å². The molecule has 0 fully saturated rings. The molecule has 4 heterocycles. The number of benzene rings is 2. The molecule has 190 valence electrons. The first kappa shape index (κ1) is 23.4. The number of rotatable bonds is 3. The Kier molecular flexibility index (Phi) is 5.38. The Morgan fingerprint density at radius 2 is 1.78 bits per heavy atom. The monoisotopic (exact) mass is 503 g/mol. The summed E-state index contributed by atoms with van der Waals surface area (Å²) in [7, 11) is 1.74. The summed E-state index contributed by atoms with van der Waals surface area (Å²) in [6, 6.07) is 6.76. The molecule has 10 heteroatoms. The molecule has 0 bridgehead atoms. The predicted octanol–water partition coefficient (Wildman–Crippen LogP) is 4.33. The number of hydrogen-bond donors (Lipinski definition) is 1. The zero-order chi connectivity index (χ0) is 26.0. The van der Waals surface area contributed by atoms with E-state index >= 15 is 4.39 Å². The van der Waals surface area contributed by atoms with Gasteiger partial charge in [-0.2, -0.15) is 10.2 Å². The van der Waals surface area contributed by atoms with E-state index in [9.17, 15) is 9.18 Å². The zero-order valence-corrected chi connectivity index (χ0v) is 21.1. The number of fused-ring (bicyclic) bond motifs is 2. The van der Waals surface area contributed by atoms with Gasteiger partial charge in [-0.1, -0.05) is 0 Å². The molecule has 1 atom stereocenters. The Hall–Kier alpha value is -4.05. The maximum Gasteiger partial charge on any atom is 0.337 e. The molecule has 2 aromatic carbocycles. The average Bonchev–Trinajstić information content (AvgIpc) is 3.52. The summed E-state index contributed by atoms with van der Waals surface area (Å²) in [4.78, 5) is 13.8. The van der Waals surface area contributed by atoms with Gasteiger partial charge in [0.1, 0.15) is 17.2 Å². The summed E-state index contributed by atoms with van der Waals surface area (Å²) in [5, 5.41) is 12.9. The third-order valence-electron chi connectivity index (χ3n) is 7.21. The number of halogens is 2. The highest BCUT2D eigenvalue weighted by molar-refractivity contribution is 5.82. The number of aromatic nitrogens is 6. The van der Waals surface area contributed by atoms with Gasteiger partial charge in [-0.3, -0.25) is 18.5 Å². The quantitative estimate of drug-likeness (QED) is 0.398. The van der Waals surface area contributed by atoms with Crippen molar-refractivity contribution in [3.05, 3.63) is 81.8 Å². The molecular formula is C27H27F2N7O. The highest BCUT2D eigenvalue weighted by Gasteiger charge is 2.28. The number of aryl methyl sites for hydroxylation is 4. The Balaban J connectivity index is 1.59. The maximum absolute atomic E-state index is 15.5. The van der Waals surface area contributed by atoms with E-state index in [1.54, 1.807) is 62.2 Å². The topological polar surface area (TPSA) is 74.6 Å². The Morgan fingerprint density at radius 1 is 1.05 bits per heavy atom. The zero-order valence-electron chi connectivity index (χ0n) is 21.1. The van der Waals surface area contributed by atoms with Crippen molar-refractivity contribution in [3.63, 3.8) is 0 Å². The van der Waals surface area contributed by atoms with Crippen LogP contribution in [0.3, 0.4) is 0 Å². The lowest BCUT2D eigenvalue weighted by molar-refractivity contribution is 0.578. The highest BCUT2D eigenvalue weighted by atomic mass is 19.1. The molecule has 1 unspecified atom stereocenters. The second-order valence-electron chi connectivity index (χ2n) is 9.68. The lowest BCUT2D eigenvalue weighted by Gasteiger charge is -2.14. The van der Waals surface area contributed by atoms with Gasteiger partial charge in [-0.05, 0) is 69.1 Å². The molecule has 5 aromatic rings. The predicted molar refractivity (Wildman–Crippen MR) is 137 cm³/mol. The molecule has 0 aliphatic carbocycles. The summed E-state index contributed by atoms with van der Waals surface area (Å²) < 4.78 is 36.3. The van der Waals surface area contributed by atoms with E-state index in [0.717, 1.165) is 24.2 Å². The molecule has 0 spiro atoms. The van der Waals surface area contributed by atoms with Gasteiger partial charge in [0.2, 0.25) is 0 Å². The summed E-state index contributed by atoms with van der Waals surface area (Å²) in [6.07, 6.45) is 5.54. The second kappa shape index (κ2) is 8.52. The van der Waals surface area contributed by atoms with Crippen molar-refractivity contribution < 1.29 is 8.78 Å². The van der Waals surface area contributed by atoms with Crippen molar-refractivity contribution in [3.8, 4) is 22.6 Å². The van der Waals surface area contributed by atoms with E-state index in [0.29, 0.717) is 40.0 Å². The lowest BCUT2D eigenvalue weighted by atomic mass is 10.0. The van der Waals surface area contributed by atoms with Crippen LogP contribution in [-0.2, 0) is 13.6 Å². The largest absolute Gasteiger partial charge is 0.337 e. The van der Waals surface area contributed by atoms with Crippen LogP contribution in [0.5, 0.6) is 0 Å². The second-order valence-corrected chi connectivity index (χ2v) is 9.68. The summed E-state index contributed by atoms with van der Waals surface area (Å²) in [5.74, 6) is -0.773. The highest BCUT2D eigenvalue weighted by Crippen LogP contribution is 2.35. The molecular weight excluding hydrogens is 476 g/mol. The van der Waals surface area contributed by atoms with Crippen LogP contribution in [-0.4, -0.2) is 35.2 Å². The molecule has 1 aliphatic rings. The van der Waals surface area contributed by atoms with Gasteiger partial charge in [0, 0.05) is 37.6 Å². The van der Waals surface area contributed by atoms with E-state index in [1.807, 2.05) is 11.6 Å². The molecule has 0 saturated carbocycles. The smallest absolute Gasteiger partial charge is 0.309 e. The maximum atomic E-state index is 15.5. The van der Waals surface area contributed by atoms with Gasteiger partial charge in [-0.25, -0.2) is 13.6 Å². The molecule has 37 heavy (non-hydrogen) atoms. The molecule has 1 N–H and O–H groups in total. The van der Waals surface area contributed by atoms with Crippen LogP contribution < -0.4 is 11.0 Å². The van der Waals surface area contributed by atoms with Crippen molar-refractivity contribution >= 4 is 10.9 Å². The molecule has 6 rings (SSSR count). The van der Waals surface area contributed by atoms with Gasteiger partial charge in [0.25, 0.3) is 0 Å². The van der Waals surface area contributed by atoms with Crippen LogP contribution in [0.4, 0.5) is 8.78 Å². The Labute approximate surface area is 211 Å². The van der Waals surface area contributed by atoms with Gasteiger partial charge < -0.3 is 5.32 Å². The molecule has 0 radical (unpaired) electrons. The fourth-order valence-electron chi connectivity index (χ4n) is 5.32. The fraction of sp³-hybridized carbons (Fsp3) is 0.296. The van der Waals surface area contributed by atoms with Gasteiger partial charge in [0.15, 0.2) is 5.82 Å². The Morgan fingerprint density at radius 3 is 2.54 bits per heavy atom. The van der Waals surface area contributed by atoms with Crippen LogP contribution in [0, 0.1) is 25.5 Å². The normalized spacial score (nSPS) is 15.8. The van der Waals surface area contributed by atoms with E-state index in [1.165, 1.54) is 15.3 Å². The standard InChI is InChI=1S/C27H27F2N7O/c1-15-12-18(13-16(2)22(15)28)24-26(25-17(3)30-8-5-9-36(25)32-24)35-11-10-34(27(35)37)21-7-6-20-19(23(21)29)14-31-33(20)4/h6-7,10-14,17,30H,5,8-9H2,1-4H3. The molecule has 3 aromatic heterocycles. The molecule has 1 aliphatic heterocycles. The average molecular weight is 504 g/mol. The minimum atomic E-state index is -0.515. The van der Waals surface area contributed by atoms with Crippen molar-refractivity contribution in [2.45, 2.75) is 39.8 Å². The van der Waals surface area contributed by atoms with Crippen molar-refractivity contribution in [2.24, 2.45) is 7.05 Å². The minimum Gasteiger partial charge on any atom is -0.309 e. The van der Waals surface area contributed by atoms with Gasteiger partial charge >= 0.3 is 5.69 Å². The summed E-state index contributed by atoms with van der Waals surface area (Å²) >= 11 is 0. The summed E-state index contributed by atoms with van der Waals surface area (Å²) in [6.45, 7) is 6.97. The first-order chi connectivity index (χ1) is 17.8. The van der Waals surface area contributed by atoms with Crippen molar-refractivity contribution in [2.75, 3.05) is 6.54 Å². The minimum absolute atomic E-state index is 0.0832. The molecule has 8 nitrogen and oxygen atoms in total. The van der Waals surface area contributed by atoms with E-state index < -0.39 is 11.5 Å². The molecule has 0 saturated heterocycles. The van der Waals surface area contributed by atoms with E-state index in [2.05, 4.69) is 10.4 Å². The first-order valence-corrected chi connectivity index (χ1v) is 12.3. The van der Waals surface area contributed by atoms with E-state index in [4.69, 9.17) is 5.10 Å². The van der Waals surface area contributed by atoms with Crippen LogP contribution >= 0.6 is 0 Å². The number of hydrogen-bond acceptors (Lipinski definition) is 4. The number of nitrogens with one attached hydrogen (secondary N) is 1. The fourth-order valence-corrected chi connectivity index (χ4v) is 5.32. The lowest BCUT2D eigenvalue weighted by Crippen LogP contribution is -2.25. The Bertz CT molecular complexity index is 1720. The number of imidazole rings is 1. The van der Waals surface area contributed by atoms with Crippen molar-refractivity contribution in [1.29, 1.82) is 0 Å². The third kappa shape index (κ3) is 3.54. The van der Waals surface area contributed by atoms with Crippen LogP contribution in [0.15, 0.2) is 47.7 Å². The van der Waals surface area contributed by atoms with Crippen LogP contribution in [0.1, 0.15) is 36.2 Å². The first-order valence-electron chi connectivity index (χ1n) is 12.3. The van der Waals surface area contributed by atoms with Gasteiger partial charge in [-0.15, -0.1) is 0 Å². The van der Waals surface area contributed by atoms with Gasteiger partial charge in [0.05, 0.1) is 28.5 Å². The van der Waals surface area contributed by atoms with Crippen molar-refractivity contribution in [1.82, 2.24) is 34.0 Å².